The lowest BCUT2D eigenvalue weighted by Crippen LogP contribution is -2.10. The molecule has 10 rings (SSSR count). The minimum Gasteiger partial charge on any atom is -0.310 e. The highest BCUT2D eigenvalue weighted by Crippen LogP contribution is 2.46. The molecule has 0 bridgehead atoms. The fourth-order valence-corrected chi connectivity index (χ4v) is 8.68. The molecule has 0 radical (unpaired) electrons. The number of aromatic nitrogens is 1. The van der Waals surface area contributed by atoms with Crippen LogP contribution < -0.4 is 4.90 Å². The molecule has 0 aliphatic heterocycles. The van der Waals surface area contributed by atoms with Crippen molar-refractivity contribution in [1.29, 1.82) is 0 Å². The van der Waals surface area contributed by atoms with Gasteiger partial charge in [0.05, 0.1) is 11.0 Å². The predicted octanol–water partition coefficient (Wildman–Crippen LogP) is 15.5. The van der Waals surface area contributed by atoms with Gasteiger partial charge in [0.2, 0.25) is 0 Å². The Morgan fingerprint density at radius 1 is 0.362 bits per heavy atom. The summed E-state index contributed by atoms with van der Waals surface area (Å²) in [5.74, 6) is 0. The maximum absolute atomic E-state index is 2.46. The Morgan fingerprint density at radius 3 is 1.50 bits per heavy atom. The molecule has 0 unspecified atom stereocenters. The van der Waals surface area contributed by atoms with Gasteiger partial charge in [0.25, 0.3) is 0 Å². The van der Waals surface area contributed by atoms with Crippen LogP contribution in [0.25, 0.3) is 72.0 Å². The Morgan fingerprint density at radius 2 is 0.879 bits per heavy atom. The second-order valence-electron chi connectivity index (χ2n) is 15.0. The van der Waals surface area contributed by atoms with E-state index < -0.39 is 0 Å². The van der Waals surface area contributed by atoms with Crippen molar-refractivity contribution in [2.24, 2.45) is 0 Å². The summed E-state index contributed by atoms with van der Waals surface area (Å²) in [5, 5.41) is 2.49. The minimum atomic E-state index is 1.10. The van der Waals surface area contributed by atoms with Crippen LogP contribution in [0.4, 0.5) is 17.1 Å². The molecular weight excluding hydrogens is 701 g/mol. The lowest BCUT2D eigenvalue weighted by atomic mass is 9.88. The molecule has 1 heterocycles. The molecule has 276 valence electrons. The zero-order valence-corrected chi connectivity index (χ0v) is 32.7. The highest BCUT2D eigenvalue weighted by atomic mass is 15.1. The van der Waals surface area contributed by atoms with Crippen molar-refractivity contribution in [3.8, 4) is 50.2 Å². The third kappa shape index (κ3) is 6.26. The molecular formula is C56H42N2. The third-order valence-electron chi connectivity index (χ3n) is 11.5. The number of fused-ring (bicyclic) bond motifs is 3. The summed E-state index contributed by atoms with van der Waals surface area (Å²) in [7, 11) is 0. The molecule has 2 nitrogen and oxygen atoms in total. The fraction of sp³-hybridized carbons (Fsp3) is 0.0357. The Labute approximate surface area is 340 Å². The Balaban J connectivity index is 1.18. The summed E-state index contributed by atoms with van der Waals surface area (Å²) < 4.78 is 2.46. The van der Waals surface area contributed by atoms with Gasteiger partial charge in [-0.2, -0.15) is 0 Å². The van der Waals surface area contributed by atoms with E-state index in [1.54, 1.807) is 0 Å². The SMILES string of the molecule is Cc1ccccc1-c1c(C)c(-c2cccc(N(c3ccc(-c4ccccc4)cc3)c3ccc(-c4ccccc4)cc3)c2)cc2c3ccccc3n(-c3ccccc3)c12. The molecule has 0 spiro atoms. The van der Waals surface area contributed by atoms with Gasteiger partial charge >= 0.3 is 0 Å². The van der Waals surface area contributed by atoms with E-state index in [9.17, 15) is 0 Å². The van der Waals surface area contributed by atoms with E-state index in [2.05, 4.69) is 242 Å². The Hall–Kier alpha value is -7.42. The van der Waals surface area contributed by atoms with E-state index in [1.165, 1.54) is 77.4 Å². The Bertz CT molecular complexity index is 2950. The first-order chi connectivity index (χ1) is 28.6. The quantitative estimate of drug-likeness (QED) is 0.150. The van der Waals surface area contributed by atoms with Gasteiger partial charge < -0.3 is 9.47 Å². The first kappa shape index (κ1) is 35.0. The van der Waals surface area contributed by atoms with Crippen LogP contribution in [0.5, 0.6) is 0 Å². The van der Waals surface area contributed by atoms with Crippen LogP contribution in [0.15, 0.2) is 218 Å². The first-order valence-electron chi connectivity index (χ1n) is 20.0. The minimum absolute atomic E-state index is 1.10. The first-order valence-corrected chi connectivity index (χ1v) is 20.0. The number of para-hydroxylation sites is 2. The number of benzene rings is 9. The average Bonchev–Trinajstić information content (AvgIpc) is 3.62. The van der Waals surface area contributed by atoms with Gasteiger partial charge in [-0.1, -0.05) is 158 Å². The zero-order valence-electron chi connectivity index (χ0n) is 32.7. The molecule has 0 saturated carbocycles. The second kappa shape index (κ2) is 14.9. The molecule has 10 aromatic rings. The average molecular weight is 743 g/mol. The van der Waals surface area contributed by atoms with E-state index in [0.29, 0.717) is 0 Å². The molecule has 58 heavy (non-hydrogen) atoms. The van der Waals surface area contributed by atoms with Crippen molar-refractivity contribution in [3.63, 3.8) is 0 Å². The number of hydrogen-bond donors (Lipinski definition) is 0. The third-order valence-corrected chi connectivity index (χ3v) is 11.5. The molecule has 0 amide bonds. The van der Waals surface area contributed by atoms with E-state index >= 15 is 0 Å². The molecule has 9 aromatic carbocycles. The number of aryl methyl sites for hydroxylation is 1. The molecule has 0 fully saturated rings. The maximum Gasteiger partial charge on any atom is 0.0622 e. The van der Waals surface area contributed by atoms with Crippen molar-refractivity contribution in [2.75, 3.05) is 4.90 Å². The van der Waals surface area contributed by atoms with Gasteiger partial charge in [-0.3, -0.25) is 0 Å². The summed E-state index contributed by atoms with van der Waals surface area (Å²) >= 11 is 0. The lowest BCUT2D eigenvalue weighted by Gasteiger charge is -2.27. The van der Waals surface area contributed by atoms with Gasteiger partial charge in [-0.05, 0) is 125 Å². The number of rotatable bonds is 8. The van der Waals surface area contributed by atoms with Gasteiger partial charge in [0.1, 0.15) is 0 Å². The normalized spacial score (nSPS) is 11.3. The molecule has 0 N–H and O–H groups in total. The fourth-order valence-electron chi connectivity index (χ4n) is 8.68. The van der Waals surface area contributed by atoms with Gasteiger partial charge in [0, 0.05) is 39.1 Å². The van der Waals surface area contributed by atoms with Crippen molar-refractivity contribution in [2.45, 2.75) is 13.8 Å². The van der Waals surface area contributed by atoms with Crippen molar-refractivity contribution >= 4 is 38.9 Å². The highest BCUT2D eigenvalue weighted by Gasteiger charge is 2.23. The zero-order chi connectivity index (χ0) is 39.0. The summed E-state index contributed by atoms with van der Waals surface area (Å²) in [6.45, 7) is 4.53. The lowest BCUT2D eigenvalue weighted by molar-refractivity contribution is 1.18. The van der Waals surface area contributed by atoms with E-state index in [4.69, 9.17) is 0 Å². The van der Waals surface area contributed by atoms with Gasteiger partial charge in [-0.15, -0.1) is 0 Å². The van der Waals surface area contributed by atoms with Crippen LogP contribution in [0.3, 0.4) is 0 Å². The van der Waals surface area contributed by atoms with E-state index in [-0.39, 0.29) is 0 Å². The van der Waals surface area contributed by atoms with Crippen molar-refractivity contribution in [1.82, 2.24) is 4.57 Å². The van der Waals surface area contributed by atoms with Gasteiger partial charge in [0.15, 0.2) is 0 Å². The van der Waals surface area contributed by atoms with Crippen LogP contribution in [-0.4, -0.2) is 4.57 Å². The monoisotopic (exact) mass is 742 g/mol. The summed E-state index contributed by atoms with van der Waals surface area (Å²) in [6.07, 6.45) is 0. The predicted molar refractivity (Wildman–Crippen MR) is 247 cm³/mol. The van der Waals surface area contributed by atoms with Crippen LogP contribution in [0, 0.1) is 13.8 Å². The van der Waals surface area contributed by atoms with E-state index in [1.807, 2.05) is 0 Å². The van der Waals surface area contributed by atoms with Gasteiger partial charge in [-0.25, -0.2) is 0 Å². The van der Waals surface area contributed by atoms with Crippen LogP contribution in [-0.2, 0) is 0 Å². The van der Waals surface area contributed by atoms with E-state index in [0.717, 1.165) is 22.7 Å². The van der Waals surface area contributed by atoms with Crippen molar-refractivity contribution in [3.05, 3.63) is 230 Å². The maximum atomic E-state index is 2.46. The molecule has 1 aromatic heterocycles. The molecule has 0 aliphatic rings. The summed E-state index contributed by atoms with van der Waals surface area (Å²) in [4.78, 5) is 2.38. The van der Waals surface area contributed by atoms with Crippen molar-refractivity contribution < 1.29 is 0 Å². The smallest absolute Gasteiger partial charge is 0.0622 e. The van der Waals surface area contributed by atoms with Crippen LogP contribution in [0.1, 0.15) is 11.1 Å². The van der Waals surface area contributed by atoms with Crippen LogP contribution >= 0.6 is 0 Å². The standard InChI is InChI=1S/C56H42N2/c1-39-17-12-13-26-50(39)55-40(2)52(38-53-51-27-14-15-28-54(51)58(56(53)55)46-23-10-5-11-24-46)45-22-16-25-49(37-45)57(47-33-29-43(30-34-47)41-18-6-3-7-19-41)48-35-31-44(32-36-48)42-20-8-4-9-21-42/h3-38H,1-2H3. The second-order valence-corrected chi connectivity index (χ2v) is 15.0. The van der Waals surface area contributed by atoms with Crippen LogP contribution in [0.2, 0.25) is 0 Å². The Kier molecular flexibility index (Phi) is 9.01. The number of hydrogen-bond acceptors (Lipinski definition) is 1. The molecule has 2 heteroatoms. The molecule has 0 atom stereocenters. The summed E-state index contributed by atoms with van der Waals surface area (Å²) in [6, 6.07) is 79.0. The molecule has 0 aliphatic carbocycles. The largest absolute Gasteiger partial charge is 0.310 e. The molecule has 0 saturated heterocycles. The number of anilines is 3. The summed E-state index contributed by atoms with van der Waals surface area (Å²) in [5.41, 5.74) is 19.1. The topological polar surface area (TPSA) is 8.17 Å². The highest BCUT2D eigenvalue weighted by molar-refractivity contribution is 6.16. The number of nitrogens with zero attached hydrogens (tertiary/aromatic N) is 2.